The summed E-state index contributed by atoms with van der Waals surface area (Å²) in [5.74, 6) is -5.60. The van der Waals surface area contributed by atoms with Gasteiger partial charge in [-0.2, -0.15) is 22.0 Å². The molecule has 0 bridgehead atoms. The highest BCUT2D eigenvalue weighted by Crippen LogP contribution is 2.37. The van der Waals surface area contributed by atoms with Crippen LogP contribution in [0.2, 0.25) is 0 Å². The number of alkyl halides is 6. The van der Waals surface area contributed by atoms with Gasteiger partial charge in [0.15, 0.2) is 0 Å². The summed E-state index contributed by atoms with van der Waals surface area (Å²) in [6.07, 6.45) is -5.82. The summed E-state index contributed by atoms with van der Waals surface area (Å²) in [4.78, 5) is 0. The van der Waals surface area contributed by atoms with Gasteiger partial charge in [-0.25, -0.2) is 0 Å². The van der Waals surface area contributed by atoms with E-state index in [2.05, 4.69) is 11.6 Å². The number of hydrogen-bond acceptors (Lipinski definition) is 0. The topological polar surface area (TPSA) is 0 Å². The third-order valence-corrected chi connectivity index (χ3v) is 0.866. The van der Waals surface area contributed by atoms with Crippen LogP contribution in [0.3, 0.4) is 0 Å². The predicted molar refractivity (Wildman–Crippen MR) is 26.0 cm³/mol. The van der Waals surface area contributed by atoms with Gasteiger partial charge in [0.05, 0.1) is 6.42 Å². The first-order chi connectivity index (χ1) is 4.31. The molecule has 0 N–H and O–H groups in total. The molecule has 0 nitrogen and oxygen atoms in total. The second-order valence-electron chi connectivity index (χ2n) is 1.48. The molecule has 0 saturated heterocycles. The van der Waals surface area contributed by atoms with Gasteiger partial charge in [0.25, 0.3) is 0 Å². The van der Waals surface area contributed by atoms with Crippen molar-refractivity contribution in [2.75, 3.05) is 5.88 Å². The zero-order chi connectivity index (χ0) is 8.41. The van der Waals surface area contributed by atoms with E-state index in [0.717, 1.165) is 0 Å². The Morgan fingerprint density at radius 3 is 1.60 bits per heavy atom. The Labute approximate surface area is 59.0 Å². The molecule has 0 amide bonds. The molecule has 0 aromatic carbocycles. The third kappa shape index (κ3) is 2.28. The summed E-state index contributed by atoms with van der Waals surface area (Å²) >= 11 is 4.66. The maximum atomic E-state index is 11.7. The molecule has 0 rings (SSSR count). The molecule has 0 aliphatic heterocycles. The zero-order valence-electron chi connectivity index (χ0n) is 4.55. The highest BCUT2D eigenvalue weighted by atomic mass is 35.5. The van der Waals surface area contributed by atoms with Crippen LogP contribution in [0.25, 0.3) is 0 Å². The Hall–Kier alpha value is -0.0600. The molecule has 0 atom stereocenters. The van der Waals surface area contributed by atoms with Gasteiger partial charge in [-0.15, -0.1) is 11.6 Å². The maximum Gasteiger partial charge on any atom is 0.453 e. The Morgan fingerprint density at radius 2 is 1.50 bits per heavy atom. The van der Waals surface area contributed by atoms with Gasteiger partial charge in [0, 0.05) is 5.88 Å². The Bertz CT molecular complexity index is 107. The summed E-state index contributed by atoms with van der Waals surface area (Å²) in [6.45, 7) is 0. The van der Waals surface area contributed by atoms with Crippen molar-refractivity contribution in [3.05, 3.63) is 6.42 Å². The highest BCUT2D eigenvalue weighted by Gasteiger charge is 2.56. The van der Waals surface area contributed by atoms with E-state index in [1.807, 2.05) is 0 Å². The van der Waals surface area contributed by atoms with Crippen molar-refractivity contribution in [2.24, 2.45) is 0 Å². The van der Waals surface area contributed by atoms with Crippen LogP contribution < -0.4 is 0 Å². The maximum absolute atomic E-state index is 11.7. The third-order valence-electron chi connectivity index (χ3n) is 0.711. The minimum Gasteiger partial charge on any atom is -0.196 e. The second-order valence-corrected chi connectivity index (χ2v) is 1.79. The molecule has 0 aliphatic carbocycles. The monoisotopic (exact) mass is 181 g/mol. The smallest absolute Gasteiger partial charge is 0.196 e. The zero-order valence-corrected chi connectivity index (χ0v) is 5.31. The van der Waals surface area contributed by atoms with Crippen molar-refractivity contribution in [1.29, 1.82) is 0 Å². The van der Waals surface area contributed by atoms with Gasteiger partial charge in [0.2, 0.25) is 0 Å². The second kappa shape index (κ2) is 2.90. The molecule has 6 heteroatoms. The standard InChI is InChI=1S/C4H3ClF5/c5-2-1-3(6,7)4(8,9)10/h1H,2H2. The van der Waals surface area contributed by atoms with Crippen molar-refractivity contribution in [3.8, 4) is 0 Å². The first kappa shape index (κ1) is 9.94. The van der Waals surface area contributed by atoms with Crippen LogP contribution in [0.4, 0.5) is 22.0 Å². The van der Waals surface area contributed by atoms with E-state index in [1.165, 1.54) is 0 Å². The van der Waals surface area contributed by atoms with Gasteiger partial charge in [-0.05, 0) is 0 Å². The van der Waals surface area contributed by atoms with Crippen molar-refractivity contribution in [2.45, 2.75) is 12.1 Å². The lowest BCUT2D eigenvalue weighted by atomic mass is 10.2. The minimum absolute atomic E-state index is 0.297. The summed E-state index contributed by atoms with van der Waals surface area (Å²) in [7, 11) is 0. The average Bonchev–Trinajstić information content (AvgIpc) is 1.61. The molecule has 0 aromatic heterocycles. The fourth-order valence-electron chi connectivity index (χ4n) is 0.213. The fourth-order valence-corrected chi connectivity index (χ4v) is 0.406. The molecule has 0 spiro atoms. The van der Waals surface area contributed by atoms with E-state index < -0.39 is 18.0 Å². The molecule has 61 valence electrons. The van der Waals surface area contributed by atoms with Crippen molar-refractivity contribution >= 4 is 11.6 Å². The van der Waals surface area contributed by atoms with E-state index in [-0.39, 0.29) is 6.42 Å². The lowest BCUT2D eigenvalue weighted by Gasteiger charge is -2.17. The molecule has 0 heterocycles. The SMILES string of the molecule is FC(F)(F)C(F)(F)[CH]CCl. The lowest BCUT2D eigenvalue weighted by Crippen LogP contribution is -2.37. The van der Waals surface area contributed by atoms with E-state index >= 15 is 0 Å². The molecule has 1 radical (unpaired) electrons. The van der Waals surface area contributed by atoms with Crippen molar-refractivity contribution in [3.63, 3.8) is 0 Å². The number of rotatable bonds is 2. The first-order valence-electron chi connectivity index (χ1n) is 2.16. The Morgan fingerprint density at radius 1 is 1.10 bits per heavy atom. The summed E-state index contributed by atoms with van der Waals surface area (Å²) < 4.78 is 56.9. The van der Waals surface area contributed by atoms with Gasteiger partial charge in [-0.3, -0.25) is 0 Å². The molecule has 0 saturated carbocycles. The molecular formula is C4H3ClF5. The number of hydrogen-bond donors (Lipinski definition) is 0. The molecule has 10 heavy (non-hydrogen) atoms. The molecule has 0 aliphatic rings. The van der Waals surface area contributed by atoms with E-state index in [4.69, 9.17) is 0 Å². The largest absolute Gasteiger partial charge is 0.453 e. The van der Waals surface area contributed by atoms with Gasteiger partial charge >= 0.3 is 12.1 Å². The molecule has 0 fully saturated rings. The van der Waals surface area contributed by atoms with Gasteiger partial charge in [-0.1, -0.05) is 0 Å². The van der Waals surface area contributed by atoms with Crippen LogP contribution in [0, 0.1) is 6.42 Å². The summed E-state index contributed by atoms with van der Waals surface area (Å²) in [5.41, 5.74) is 0. The molecule has 0 aromatic rings. The average molecular weight is 182 g/mol. The molecular weight excluding hydrogens is 178 g/mol. The Kier molecular flexibility index (Phi) is 2.88. The Balaban J connectivity index is 4.10. The van der Waals surface area contributed by atoms with Crippen LogP contribution in [0.5, 0.6) is 0 Å². The lowest BCUT2D eigenvalue weighted by molar-refractivity contribution is -0.266. The summed E-state index contributed by atoms with van der Waals surface area (Å²) in [5, 5.41) is 0. The fraction of sp³-hybridized carbons (Fsp3) is 0.750. The van der Waals surface area contributed by atoms with Crippen molar-refractivity contribution < 1.29 is 22.0 Å². The van der Waals surface area contributed by atoms with E-state index in [0.29, 0.717) is 0 Å². The predicted octanol–water partition coefficient (Wildman–Crippen LogP) is 2.63. The van der Waals surface area contributed by atoms with E-state index in [9.17, 15) is 22.0 Å². The van der Waals surface area contributed by atoms with Crippen molar-refractivity contribution in [1.82, 2.24) is 0 Å². The van der Waals surface area contributed by atoms with Gasteiger partial charge in [0.1, 0.15) is 0 Å². The minimum atomic E-state index is -5.53. The van der Waals surface area contributed by atoms with E-state index in [1.54, 1.807) is 0 Å². The summed E-state index contributed by atoms with van der Waals surface area (Å²) in [6, 6.07) is 0. The van der Waals surface area contributed by atoms with Crippen LogP contribution in [0.15, 0.2) is 0 Å². The number of halogens is 6. The molecule has 0 unspecified atom stereocenters. The van der Waals surface area contributed by atoms with Crippen LogP contribution in [-0.4, -0.2) is 18.0 Å². The van der Waals surface area contributed by atoms with Crippen LogP contribution in [0.1, 0.15) is 0 Å². The quantitative estimate of drug-likeness (QED) is 0.454. The van der Waals surface area contributed by atoms with Gasteiger partial charge < -0.3 is 0 Å². The highest BCUT2D eigenvalue weighted by molar-refractivity contribution is 6.18. The first-order valence-corrected chi connectivity index (χ1v) is 2.69. The van der Waals surface area contributed by atoms with Crippen LogP contribution in [-0.2, 0) is 0 Å². The van der Waals surface area contributed by atoms with Crippen LogP contribution >= 0.6 is 11.6 Å². The normalized spacial score (nSPS) is 13.8.